The summed E-state index contributed by atoms with van der Waals surface area (Å²) >= 11 is 0. The molecule has 0 heterocycles. The third-order valence-corrected chi connectivity index (χ3v) is 4.17. The summed E-state index contributed by atoms with van der Waals surface area (Å²) in [7, 11) is 0. The molecule has 0 bridgehead atoms. The lowest BCUT2D eigenvalue weighted by Gasteiger charge is -2.28. The van der Waals surface area contributed by atoms with Gasteiger partial charge >= 0.3 is 0 Å². The Hall–Kier alpha value is -0.820. The van der Waals surface area contributed by atoms with Gasteiger partial charge in [0.1, 0.15) is 0 Å². The fourth-order valence-corrected chi connectivity index (χ4v) is 3.18. The average Bonchev–Trinajstić information content (AvgIpc) is 2.60. The first-order valence-electron chi connectivity index (χ1n) is 7.46. The van der Waals surface area contributed by atoms with Crippen LogP contribution in [-0.4, -0.2) is 6.54 Å². The van der Waals surface area contributed by atoms with Gasteiger partial charge in [0, 0.05) is 6.04 Å². The number of unbranched alkanes of at least 4 members (excludes halogenated alkanes) is 3. The minimum absolute atomic E-state index is 0.356. The zero-order valence-corrected chi connectivity index (χ0v) is 12.1. The van der Waals surface area contributed by atoms with Crippen molar-refractivity contribution in [3.63, 3.8) is 0 Å². The SMILES string of the molecule is CCCCCCNC1c2ccccc2CC1(C)C. The number of benzene rings is 1. The lowest BCUT2D eigenvalue weighted by molar-refractivity contribution is 0.268. The highest BCUT2D eigenvalue weighted by Gasteiger charge is 2.37. The highest BCUT2D eigenvalue weighted by molar-refractivity contribution is 5.37. The normalized spacial score (nSPS) is 20.9. The number of fused-ring (bicyclic) bond motifs is 1. The molecule has 1 aromatic rings. The largest absolute Gasteiger partial charge is 0.309 e. The first kappa shape index (κ1) is 13.6. The minimum atomic E-state index is 0.356. The van der Waals surface area contributed by atoms with Gasteiger partial charge in [-0.3, -0.25) is 0 Å². The van der Waals surface area contributed by atoms with E-state index in [2.05, 4.69) is 50.4 Å². The standard InChI is InChI=1S/C17H27N/c1-4-5-6-9-12-18-16-15-11-8-7-10-14(15)13-17(16,2)3/h7-8,10-11,16,18H,4-6,9,12-13H2,1-3H3. The van der Waals surface area contributed by atoms with Gasteiger partial charge < -0.3 is 5.32 Å². The molecule has 0 saturated carbocycles. The van der Waals surface area contributed by atoms with Crippen molar-refractivity contribution in [2.75, 3.05) is 6.54 Å². The van der Waals surface area contributed by atoms with Gasteiger partial charge in [-0.15, -0.1) is 0 Å². The van der Waals surface area contributed by atoms with Gasteiger partial charge in [-0.25, -0.2) is 0 Å². The lowest BCUT2D eigenvalue weighted by Crippen LogP contribution is -2.31. The van der Waals surface area contributed by atoms with Crippen molar-refractivity contribution in [2.45, 2.75) is 58.9 Å². The maximum atomic E-state index is 3.79. The molecular formula is C17H27N. The van der Waals surface area contributed by atoms with Gasteiger partial charge in [-0.1, -0.05) is 64.3 Å². The fourth-order valence-electron chi connectivity index (χ4n) is 3.18. The summed E-state index contributed by atoms with van der Waals surface area (Å²) in [4.78, 5) is 0. The summed E-state index contributed by atoms with van der Waals surface area (Å²) < 4.78 is 0. The highest BCUT2D eigenvalue weighted by atomic mass is 14.9. The van der Waals surface area contributed by atoms with Gasteiger partial charge in [0.15, 0.2) is 0 Å². The Labute approximate surface area is 112 Å². The van der Waals surface area contributed by atoms with E-state index in [9.17, 15) is 0 Å². The van der Waals surface area contributed by atoms with Crippen molar-refractivity contribution in [3.05, 3.63) is 35.4 Å². The molecule has 0 spiro atoms. The molecule has 1 aromatic carbocycles. The molecule has 0 aliphatic heterocycles. The van der Waals surface area contributed by atoms with Crippen LogP contribution in [0.4, 0.5) is 0 Å². The summed E-state index contributed by atoms with van der Waals surface area (Å²) in [6.07, 6.45) is 6.56. The molecule has 1 aliphatic rings. The molecule has 0 aromatic heterocycles. The smallest absolute Gasteiger partial charge is 0.0377 e. The summed E-state index contributed by atoms with van der Waals surface area (Å²) in [5.41, 5.74) is 3.42. The molecule has 18 heavy (non-hydrogen) atoms. The molecule has 0 amide bonds. The van der Waals surface area contributed by atoms with E-state index in [0.717, 1.165) is 6.54 Å². The van der Waals surface area contributed by atoms with Crippen LogP contribution in [0.1, 0.15) is 63.6 Å². The van der Waals surface area contributed by atoms with Crippen molar-refractivity contribution in [2.24, 2.45) is 5.41 Å². The first-order valence-corrected chi connectivity index (χ1v) is 7.46. The molecular weight excluding hydrogens is 218 g/mol. The third kappa shape index (κ3) is 2.95. The Morgan fingerprint density at radius 2 is 1.94 bits per heavy atom. The van der Waals surface area contributed by atoms with Gasteiger partial charge in [0.2, 0.25) is 0 Å². The van der Waals surface area contributed by atoms with E-state index >= 15 is 0 Å². The first-order chi connectivity index (χ1) is 8.65. The van der Waals surface area contributed by atoms with E-state index in [4.69, 9.17) is 0 Å². The molecule has 1 N–H and O–H groups in total. The Kier molecular flexibility index (Phi) is 4.45. The number of nitrogens with one attached hydrogen (secondary N) is 1. The number of rotatable bonds is 6. The molecule has 100 valence electrons. The van der Waals surface area contributed by atoms with Gasteiger partial charge in [0.05, 0.1) is 0 Å². The Morgan fingerprint density at radius 3 is 2.72 bits per heavy atom. The molecule has 1 aliphatic carbocycles. The molecule has 0 radical (unpaired) electrons. The second-order valence-electron chi connectivity index (χ2n) is 6.31. The molecule has 2 rings (SSSR count). The van der Waals surface area contributed by atoms with E-state index in [0.29, 0.717) is 11.5 Å². The summed E-state index contributed by atoms with van der Waals surface area (Å²) in [5, 5.41) is 3.79. The average molecular weight is 245 g/mol. The van der Waals surface area contributed by atoms with Gasteiger partial charge in [-0.05, 0) is 35.9 Å². The zero-order valence-electron chi connectivity index (χ0n) is 12.1. The summed E-state index contributed by atoms with van der Waals surface area (Å²) in [5.74, 6) is 0. The van der Waals surface area contributed by atoms with Gasteiger partial charge in [-0.2, -0.15) is 0 Å². The topological polar surface area (TPSA) is 12.0 Å². The Balaban J connectivity index is 1.94. The van der Waals surface area contributed by atoms with Crippen LogP contribution in [0.15, 0.2) is 24.3 Å². The quantitative estimate of drug-likeness (QED) is 0.729. The van der Waals surface area contributed by atoms with Crippen molar-refractivity contribution in [1.29, 1.82) is 0 Å². The molecule has 0 fully saturated rings. The van der Waals surface area contributed by atoms with Crippen LogP contribution in [0.5, 0.6) is 0 Å². The predicted molar refractivity (Wildman–Crippen MR) is 78.8 cm³/mol. The van der Waals surface area contributed by atoms with Crippen LogP contribution in [0.25, 0.3) is 0 Å². The van der Waals surface area contributed by atoms with E-state index < -0.39 is 0 Å². The Morgan fingerprint density at radius 1 is 1.17 bits per heavy atom. The third-order valence-electron chi connectivity index (χ3n) is 4.17. The molecule has 1 heteroatoms. The Bertz CT molecular complexity index is 381. The molecule has 1 atom stereocenters. The maximum Gasteiger partial charge on any atom is 0.0377 e. The second-order valence-corrected chi connectivity index (χ2v) is 6.31. The van der Waals surface area contributed by atoms with E-state index in [1.807, 2.05) is 0 Å². The highest BCUT2D eigenvalue weighted by Crippen LogP contribution is 2.44. The van der Waals surface area contributed by atoms with Crippen molar-refractivity contribution >= 4 is 0 Å². The van der Waals surface area contributed by atoms with Crippen LogP contribution in [0.2, 0.25) is 0 Å². The second kappa shape index (κ2) is 5.88. The van der Waals surface area contributed by atoms with Crippen LogP contribution >= 0.6 is 0 Å². The molecule has 0 saturated heterocycles. The summed E-state index contributed by atoms with van der Waals surface area (Å²) in [6.45, 7) is 8.19. The molecule has 1 nitrogen and oxygen atoms in total. The van der Waals surface area contributed by atoms with E-state index in [1.54, 1.807) is 0 Å². The monoisotopic (exact) mass is 245 g/mol. The van der Waals surface area contributed by atoms with E-state index in [-0.39, 0.29) is 0 Å². The van der Waals surface area contributed by atoms with Crippen LogP contribution in [0, 0.1) is 5.41 Å². The zero-order chi connectivity index (χ0) is 13.0. The predicted octanol–water partition coefficient (Wildman–Crippen LogP) is 4.48. The van der Waals surface area contributed by atoms with E-state index in [1.165, 1.54) is 43.2 Å². The van der Waals surface area contributed by atoms with Crippen LogP contribution in [-0.2, 0) is 6.42 Å². The van der Waals surface area contributed by atoms with Crippen LogP contribution < -0.4 is 5.32 Å². The lowest BCUT2D eigenvalue weighted by atomic mass is 9.85. The fraction of sp³-hybridized carbons (Fsp3) is 0.647. The molecule has 1 unspecified atom stereocenters. The summed E-state index contributed by atoms with van der Waals surface area (Å²) in [6, 6.07) is 9.46. The van der Waals surface area contributed by atoms with Crippen LogP contribution in [0.3, 0.4) is 0 Å². The number of hydrogen-bond donors (Lipinski definition) is 1. The van der Waals surface area contributed by atoms with Crippen molar-refractivity contribution in [1.82, 2.24) is 5.32 Å². The van der Waals surface area contributed by atoms with Gasteiger partial charge in [0.25, 0.3) is 0 Å². The van der Waals surface area contributed by atoms with Crippen molar-refractivity contribution < 1.29 is 0 Å². The number of hydrogen-bond acceptors (Lipinski definition) is 1. The maximum absolute atomic E-state index is 3.79. The minimum Gasteiger partial charge on any atom is -0.309 e. The van der Waals surface area contributed by atoms with Crippen molar-refractivity contribution in [3.8, 4) is 0 Å².